The van der Waals surface area contributed by atoms with Crippen molar-refractivity contribution in [1.29, 1.82) is 0 Å². The fourth-order valence-electron chi connectivity index (χ4n) is 1.54. The number of thiophene rings is 1. The summed E-state index contributed by atoms with van der Waals surface area (Å²) in [5.74, 6) is -1.16. The van der Waals surface area contributed by atoms with Crippen molar-refractivity contribution in [2.75, 3.05) is 13.2 Å². The van der Waals surface area contributed by atoms with Gasteiger partial charge in [0.2, 0.25) is 11.7 Å². The van der Waals surface area contributed by atoms with Crippen molar-refractivity contribution in [2.45, 2.75) is 19.0 Å². The maximum atomic E-state index is 11.9. The van der Waals surface area contributed by atoms with Crippen LogP contribution >= 0.6 is 11.3 Å². The molecule has 0 aliphatic heterocycles. The summed E-state index contributed by atoms with van der Waals surface area (Å²) < 4.78 is 45.2. The lowest BCUT2D eigenvalue weighted by Gasteiger charge is -2.08. The molecule has 2 aromatic rings. The summed E-state index contributed by atoms with van der Waals surface area (Å²) in [5.41, 5.74) is 0. The first-order valence-corrected chi connectivity index (χ1v) is 7.57. The number of aryl methyl sites for hydroxylation is 1. The predicted octanol–water partition coefficient (Wildman–Crippen LogP) is 1.95. The normalized spacial score (nSPS) is 11.3. The lowest BCUT2D eigenvalue weighted by Crippen LogP contribution is -2.36. The Kier molecular flexibility index (Phi) is 5.90. The lowest BCUT2D eigenvalue weighted by atomic mass is 10.3. The fourth-order valence-corrected chi connectivity index (χ4v) is 2.19. The van der Waals surface area contributed by atoms with Crippen LogP contribution in [0, 0.1) is 0 Å². The van der Waals surface area contributed by atoms with Crippen molar-refractivity contribution in [3.05, 3.63) is 23.4 Å². The van der Waals surface area contributed by atoms with E-state index in [0.29, 0.717) is 5.82 Å². The van der Waals surface area contributed by atoms with Crippen molar-refractivity contribution in [3.63, 3.8) is 0 Å². The van der Waals surface area contributed by atoms with E-state index in [1.807, 2.05) is 17.5 Å². The molecule has 7 nitrogen and oxygen atoms in total. The quantitative estimate of drug-likeness (QED) is 0.756. The Labute approximate surface area is 137 Å². The van der Waals surface area contributed by atoms with E-state index in [1.54, 1.807) is 5.32 Å². The molecule has 0 aromatic carbocycles. The van der Waals surface area contributed by atoms with Crippen LogP contribution in [0.4, 0.5) is 13.2 Å². The largest absolute Gasteiger partial charge is 0.456 e. The van der Waals surface area contributed by atoms with Crippen LogP contribution in [0.1, 0.15) is 12.3 Å². The van der Waals surface area contributed by atoms with Gasteiger partial charge in [-0.3, -0.25) is 9.59 Å². The summed E-state index contributed by atoms with van der Waals surface area (Å²) in [6.45, 7) is -2.25. The molecule has 1 N–H and O–H groups in total. The molecule has 0 saturated carbocycles. The second-order valence-electron chi connectivity index (χ2n) is 4.54. The zero-order valence-corrected chi connectivity index (χ0v) is 12.9. The predicted molar refractivity (Wildman–Crippen MR) is 76.0 cm³/mol. The van der Waals surface area contributed by atoms with Gasteiger partial charge in [-0.15, -0.1) is 11.3 Å². The summed E-state index contributed by atoms with van der Waals surface area (Å²) >= 11 is 1.43. The van der Waals surface area contributed by atoms with Crippen LogP contribution in [0.2, 0.25) is 0 Å². The zero-order valence-electron chi connectivity index (χ0n) is 12.1. The number of nitrogens with one attached hydrogen (secondary N) is 1. The van der Waals surface area contributed by atoms with Gasteiger partial charge in [0, 0.05) is 6.42 Å². The smallest absolute Gasteiger partial charge is 0.405 e. The first-order chi connectivity index (χ1) is 11.3. The van der Waals surface area contributed by atoms with Crippen LogP contribution < -0.4 is 5.32 Å². The molecule has 0 radical (unpaired) electrons. The molecule has 0 unspecified atom stereocenters. The Morgan fingerprint density at radius 1 is 1.38 bits per heavy atom. The summed E-state index contributed by atoms with van der Waals surface area (Å²) in [6, 6.07) is 3.64. The molecule has 24 heavy (non-hydrogen) atoms. The Morgan fingerprint density at radius 2 is 2.17 bits per heavy atom. The van der Waals surface area contributed by atoms with Gasteiger partial charge in [-0.05, 0) is 11.4 Å². The number of hydrogen-bond acceptors (Lipinski definition) is 7. The van der Waals surface area contributed by atoms with E-state index >= 15 is 0 Å². The molecule has 130 valence electrons. The maximum absolute atomic E-state index is 11.9. The number of alkyl halides is 3. The van der Waals surface area contributed by atoms with Crippen molar-refractivity contribution in [2.24, 2.45) is 0 Å². The average Bonchev–Trinajstić information content (AvgIpc) is 3.18. The minimum Gasteiger partial charge on any atom is -0.456 e. The standard InChI is InChI=1S/C13H12F3N3O4S/c14-13(15,16)7-17-9(20)6-22-11(21)4-3-10-18-12(19-23-10)8-2-1-5-24-8/h1-2,5H,3-4,6-7H2,(H,17,20). The molecule has 0 bridgehead atoms. The van der Waals surface area contributed by atoms with E-state index in [9.17, 15) is 22.8 Å². The van der Waals surface area contributed by atoms with Crippen LogP contribution in [0.5, 0.6) is 0 Å². The number of halogens is 3. The summed E-state index contributed by atoms with van der Waals surface area (Å²) in [6.07, 6.45) is -4.56. The van der Waals surface area contributed by atoms with E-state index in [4.69, 9.17) is 4.52 Å². The van der Waals surface area contributed by atoms with Gasteiger partial charge in [0.15, 0.2) is 6.61 Å². The fraction of sp³-hybridized carbons (Fsp3) is 0.385. The molecular formula is C13H12F3N3O4S. The number of carbonyl (C=O) groups is 2. The van der Waals surface area contributed by atoms with E-state index < -0.39 is 31.2 Å². The van der Waals surface area contributed by atoms with Gasteiger partial charge in [-0.25, -0.2) is 0 Å². The number of hydrogen-bond donors (Lipinski definition) is 1. The highest BCUT2D eigenvalue weighted by molar-refractivity contribution is 7.13. The van der Waals surface area contributed by atoms with Gasteiger partial charge in [0.25, 0.3) is 5.91 Å². The number of carbonyl (C=O) groups excluding carboxylic acids is 2. The SMILES string of the molecule is O=C(COC(=O)CCc1nc(-c2cccs2)no1)NCC(F)(F)F. The molecule has 0 saturated heterocycles. The van der Waals surface area contributed by atoms with Gasteiger partial charge < -0.3 is 14.6 Å². The molecule has 0 aliphatic carbocycles. The second kappa shape index (κ2) is 7.90. The molecular weight excluding hydrogens is 351 g/mol. The van der Waals surface area contributed by atoms with Crippen LogP contribution in [-0.4, -0.2) is 41.3 Å². The van der Waals surface area contributed by atoms with Crippen LogP contribution in [-0.2, 0) is 20.7 Å². The number of nitrogens with zero attached hydrogens (tertiary/aromatic N) is 2. The van der Waals surface area contributed by atoms with Crippen molar-refractivity contribution < 1.29 is 32.0 Å². The van der Waals surface area contributed by atoms with Crippen LogP contribution in [0.25, 0.3) is 10.7 Å². The monoisotopic (exact) mass is 363 g/mol. The maximum Gasteiger partial charge on any atom is 0.405 e. The molecule has 11 heteroatoms. The Hall–Kier alpha value is -2.43. The van der Waals surface area contributed by atoms with E-state index in [1.165, 1.54) is 11.3 Å². The molecule has 2 aromatic heterocycles. The topological polar surface area (TPSA) is 94.3 Å². The number of amides is 1. The van der Waals surface area contributed by atoms with E-state index in [2.05, 4.69) is 14.9 Å². The minimum atomic E-state index is -4.52. The van der Waals surface area contributed by atoms with Crippen molar-refractivity contribution >= 4 is 23.2 Å². The molecule has 0 fully saturated rings. The Morgan fingerprint density at radius 3 is 2.83 bits per heavy atom. The Balaban J connectivity index is 1.69. The third kappa shape index (κ3) is 5.99. The van der Waals surface area contributed by atoms with Gasteiger partial charge in [-0.1, -0.05) is 11.2 Å². The number of rotatable bonds is 7. The minimum absolute atomic E-state index is 0.0986. The van der Waals surface area contributed by atoms with Gasteiger partial charge in [0.1, 0.15) is 6.54 Å². The van der Waals surface area contributed by atoms with E-state index in [0.717, 1.165) is 4.88 Å². The second-order valence-corrected chi connectivity index (χ2v) is 5.49. The highest BCUT2D eigenvalue weighted by atomic mass is 32.1. The number of ether oxygens (including phenoxy) is 1. The molecule has 0 atom stereocenters. The van der Waals surface area contributed by atoms with Crippen LogP contribution in [0.15, 0.2) is 22.0 Å². The molecule has 0 spiro atoms. The lowest BCUT2D eigenvalue weighted by molar-refractivity contribution is -0.151. The van der Waals surface area contributed by atoms with Crippen molar-refractivity contribution in [1.82, 2.24) is 15.5 Å². The highest BCUT2D eigenvalue weighted by Crippen LogP contribution is 2.21. The third-order valence-electron chi connectivity index (χ3n) is 2.60. The zero-order chi connectivity index (χ0) is 17.6. The molecule has 1 amide bonds. The molecule has 0 aliphatic rings. The number of esters is 1. The van der Waals surface area contributed by atoms with Gasteiger partial charge in [-0.2, -0.15) is 18.2 Å². The van der Waals surface area contributed by atoms with E-state index in [-0.39, 0.29) is 18.7 Å². The highest BCUT2D eigenvalue weighted by Gasteiger charge is 2.27. The Bertz CT molecular complexity index is 685. The average molecular weight is 363 g/mol. The van der Waals surface area contributed by atoms with Crippen LogP contribution in [0.3, 0.4) is 0 Å². The van der Waals surface area contributed by atoms with Gasteiger partial charge in [0.05, 0.1) is 11.3 Å². The summed E-state index contributed by atoms with van der Waals surface area (Å²) in [7, 11) is 0. The van der Waals surface area contributed by atoms with Gasteiger partial charge >= 0.3 is 12.1 Å². The first-order valence-electron chi connectivity index (χ1n) is 6.69. The molecule has 2 rings (SSSR count). The van der Waals surface area contributed by atoms with Crippen molar-refractivity contribution in [3.8, 4) is 10.7 Å². The summed E-state index contributed by atoms with van der Waals surface area (Å²) in [5, 5.41) is 7.20. The summed E-state index contributed by atoms with van der Waals surface area (Å²) in [4.78, 5) is 27.4. The number of aromatic nitrogens is 2. The molecule has 2 heterocycles. The first kappa shape index (κ1) is 17.9. The third-order valence-corrected chi connectivity index (χ3v) is 3.47.